The van der Waals surface area contributed by atoms with Gasteiger partial charge in [0.05, 0.1) is 23.3 Å². The Morgan fingerprint density at radius 1 is 1.26 bits per heavy atom. The fourth-order valence-corrected chi connectivity index (χ4v) is 1.67. The van der Waals surface area contributed by atoms with Crippen LogP contribution in [0.25, 0.3) is 11.0 Å². The van der Waals surface area contributed by atoms with E-state index in [1.165, 1.54) is 6.07 Å². The Morgan fingerprint density at radius 2 is 2.05 bits per heavy atom. The number of hydrogen-bond acceptors (Lipinski definition) is 4. The molecule has 2 rings (SSSR count). The van der Waals surface area contributed by atoms with Gasteiger partial charge in [-0.3, -0.25) is 4.29 Å². The molecule has 0 N–H and O–H groups in total. The van der Waals surface area contributed by atoms with E-state index in [1.807, 2.05) is 19.1 Å². The van der Waals surface area contributed by atoms with Crippen molar-refractivity contribution in [2.45, 2.75) is 6.92 Å². The molecule has 1 heterocycles. The third-order valence-electron chi connectivity index (χ3n) is 2.41. The highest BCUT2D eigenvalue weighted by atomic mass is 35.5. The number of fused-ring (bicyclic) bond motifs is 1. The van der Waals surface area contributed by atoms with Crippen LogP contribution in [0.15, 0.2) is 33.5 Å². The monoisotopic (exact) mass is 278 g/mol. The van der Waals surface area contributed by atoms with Gasteiger partial charge in [-0.05, 0) is 19.1 Å². The highest BCUT2D eigenvalue weighted by Gasteiger charge is 2.06. The van der Waals surface area contributed by atoms with Crippen LogP contribution in [0.2, 0.25) is 0 Å². The summed E-state index contributed by atoms with van der Waals surface area (Å²) >= 11 is 5.02. The molecule has 0 atom stereocenters. The molecule has 0 aliphatic heterocycles. The highest BCUT2D eigenvalue weighted by molar-refractivity contribution is 6.07. The van der Waals surface area contributed by atoms with Gasteiger partial charge in [-0.25, -0.2) is 4.79 Å². The summed E-state index contributed by atoms with van der Waals surface area (Å²) in [4.78, 5) is 11.4. The van der Waals surface area contributed by atoms with Gasteiger partial charge in [0.1, 0.15) is 24.5 Å². The predicted molar refractivity (Wildman–Crippen MR) is 72.3 cm³/mol. The van der Waals surface area contributed by atoms with E-state index in [0.717, 1.165) is 10.9 Å². The van der Waals surface area contributed by atoms with Gasteiger partial charge >= 0.3 is 5.63 Å². The van der Waals surface area contributed by atoms with E-state index >= 15 is 0 Å². The Bertz CT molecular complexity index is 694. The number of hydrogen-bond donors (Lipinski definition) is 0. The van der Waals surface area contributed by atoms with E-state index in [4.69, 9.17) is 21.0 Å². The van der Waals surface area contributed by atoms with Crippen molar-refractivity contribution in [3.63, 3.8) is 0 Å². The van der Waals surface area contributed by atoms with Gasteiger partial charge < -0.3 is 9.15 Å². The predicted octanol–water partition coefficient (Wildman–Crippen LogP) is 2.65. The van der Waals surface area contributed by atoms with Crippen LogP contribution >= 0.6 is 11.9 Å². The first kappa shape index (κ1) is 13.5. The van der Waals surface area contributed by atoms with Crippen LogP contribution in [-0.2, 0) is 4.29 Å². The summed E-state index contributed by atoms with van der Waals surface area (Å²) in [6.45, 7) is 2.22. The van der Waals surface area contributed by atoms with Crippen LogP contribution in [0, 0.1) is 18.8 Å². The summed E-state index contributed by atoms with van der Waals surface area (Å²) in [5, 5.41) is 0.745. The van der Waals surface area contributed by atoms with E-state index in [9.17, 15) is 4.79 Å². The number of rotatable bonds is 3. The van der Waals surface area contributed by atoms with E-state index in [-0.39, 0.29) is 13.2 Å². The van der Waals surface area contributed by atoms with Gasteiger partial charge in [0.25, 0.3) is 0 Å². The largest absolute Gasteiger partial charge is 0.480 e. The zero-order valence-electron chi connectivity index (χ0n) is 10.2. The second-order valence-electron chi connectivity index (χ2n) is 3.82. The molecule has 0 unspecified atom stereocenters. The molecule has 0 aliphatic carbocycles. The van der Waals surface area contributed by atoms with Crippen molar-refractivity contribution in [1.82, 2.24) is 0 Å². The lowest BCUT2D eigenvalue weighted by Gasteiger charge is -2.05. The molecule has 0 bridgehead atoms. The molecule has 98 valence electrons. The second kappa shape index (κ2) is 6.28. The van der Waals surface area contributed by atoms with Gasteiger partial charge in [0.2, 0.25) is 0 Å². The summed E-state index contributed by atoms with van der Waals surface area (Å²) in [7, 11) is 0. The Labute approximate surface area is 115 Å². The van der Waals surface area contributed by atoms with Gasteiger partial charge in [-0.2, -0.15) is 0 Å². The molecule has 4 nitrogen and oxygen atoms in total. The maximum Gasteiger partial charge on any atom is 0.339 e. The molecule has 0 aliphatic rings. The number of aryl methyl sites for hydroxylation is 1. The van der Waals surface area contributed by atoms with Crippen molar-refractivity contribution in [2.75, 3.05) is 13.2 Å². The first-order valence-electron chi connectivity index (χ1n) is 5.57. The minimum absolute atomic E-state index is 0.127. The summed E-state index contributed by atoms with van der Waals surface area (Å²) in [6, 6.07) is 6.81. The smallest absolute Gasteiger partial charge is 0.339 e. The van der Waals surface area contributed by atoms with E-state index in [0.29, 0.717) is 11.3 Å². The van der Waals surface area contributed by atoms with Crippen molar-refractivity contribution in [1.29, 1.82) is 0 Å². The topological polar surface area (TPSA) is 48.7 Å². The standard InChI is InChI=1S/C14H11ClO4/c1-10-4-5-12-11(8-10)13(9-14(16)19-12)17-6-2-3-7-18-15/h4-5,8-9H,6-7H2,1H3. The van der Waals surface area contributed by atoms with Crippen LogP contribution < -0.4 is 10.4 Å². The van der Waals surface area contributed by atoms with Crippen molar-refractivity contribution in [3.05, 3.63) is 40.2 Å². The quantitative estimate of drug-likeness (QED) is 0.640. The maximum absolute atomic E-state index is 11.4. The average molecular weight is 279 g/mol. The second-order valence-corrected chi connectivity index (χ2v) is 4.04. The molecular weight excluding hydrogens is 268 g/mol. The molecular formula is C14H11ClO4. The minimum atomic E-state index is -0.455. The lowest BCUT2D eigenvalue weighted by atomic mass is 10.1. The highest BCUT2D eigenvalue weighted by Crippen LogP contribution is 2.24. The normalized spacial score (nSPS) is 10.0. The maximum atomic E-state index is 11.4. The molecule has 2 aromatic rings. The Hall–Kier alpha value is -1.96. The molecule has 0 saturated heterocycles. The number of benzene rings is 1. The fourth-order valence-electron chi connectivity index (χ4n) is 1.61. The van der Waals surface area contributed by atoms with Crippen LogP contribution in [-0.4, -0.2) is 13.2 Å². The van der Waals surface area contributed by atoms with Gasteiger partial charge in [-0.15, -0.1) is 0 Å². The first-order valence-corrected chi connectivity index (χ1v) is 5.88. The molecule has 19 heavy (non-hydrogen) atoms. The van der Waals surface area contributed by atoms with Gasteiger partial charge in [0, 0.05) is 0 Å². The van der Waals surface area contributed by atoms with Gasteiger partial charge in [-0.1, -0.05) is 23.5 Å². The van der Waals surface area contributed by atoms with Crippen LogP contribution in [0.1, 0.15) is 5.56 Å². The van der Waals surface area contributed by atoms with Crippen molar-refractivity contribution in [2.24, 2.45) is 0 Å². The SMILES string of the molecule is Cc1ccc2oc(=O)cc(OCC#CCOCl)c2c1. The van der Waals surface area contributed by atoms with Crippen LogP contribution in [0.3, 0.4) is 0 Å². The van der Waals surface area contributed by atoms with Crippen molar-refractivity contribution < 1.29 is 13.4 Å². The van der Waals surface area contributed by atoms with Gasteiger partial charge in [0.15, 0.2) is 0 Å². The zero-order valence-corrected chi connectivity index (χ0v) is 11.0. The summed E-state index contributed by atoms with van der Waals surface area (Å²) in [5.74, 6) is 5.82. The Morgan fingerprint density at radius 3 is 2.84 bits per heavy atom. The minimum Gasteiger partial charge on any atom is -0.480 e. The van der Waals surface area contributed by atoms with Crippen LogP contribution in [0.4, 0.5) is 0 Å². The molecule has 1 aromatic heterocycles. The molecule has 0 amide bonds. The third kappa shape index (κ3) is 3.50. The Balaban J connectivity index is 2.29. The molecule has 0 saturated carbocycles. The van der Waals surface area contributed by atoms with E-state index in [2.05, 4.69) is 16.1 Å². The molecule has 0 radical (unpaired) electrons. The zero-order chi connectivity index (χ0) is 13.7. The summed E-state index contributed by atoms with van der Waals surface area (Å²) < 4.78 is 14.8. The summed E-state index contributed by atoms with van der Waals surface area (Å²) in [6.07, 6.45) is 0. The number of halogens is 1. The number of ether oxygens (including phenoxy) is 1. The Kier molecular flexibility index (Phi) is 4.45. The average Bonchev–Trinajstić information content (AvgIpc) is 2.39. The van der Waals surface area contributed by atoms with Crippen LogP contribution in [0.5, 0.6) is 5.75 Å². The van der Waals surface area contributed by atoms with Crippen molar-refractivity contribution in [3.8, 4) is 17.6 Å². The lowest BCUT2D eigenvalue weighted by Crippen LogP contribution is -2.02. The first-order chi connectivity index (χ1) is 9.20. The molecule has 0 spiro atoms. The third-order valence-corrected chi connectivity index (χ3v) is 2.52. The van der Waals surface area contributed by atoms with E-state index < -0.39 is 5.63 Å². The van der Waals surface area contributed by atoms with Crippen molar-refractivity contribution >= 4 is 22.8 Å². The lowest BCUT2D eigenvalue weighted by molar-refractivity contribution is 0.368. The summed E-state index contributed by atoms with van der Waals surface area (Å²) in [5.41, 5.74) is 1.08. The van der Waals surface area contributed by atoms with E-state index in [1.54, 1.807) is 6.07 Å². The fraction of sp³-hybridized carbons (Fsp3) is 0.214. The molecule has 0 fully saturated rings. The molecule has 5 heteroatoms. The molecule has 1 aromatic carbocycles.